The summed E-state index contributed by atoms with van der Waals surface area (Å²) >= 11 is 3.43. The van der Waals surface area contributed by atoms with Gasteiger partial charge in [-0.25, -0.2) is 9.48 Å². The second-order valence-electron chi connectivity index (χ2n) is 6.87. The number of hydrogen-bond acceptors (Lipinski definition) is 4. The van der Waals surface area contributed by atoms with Crippen LogP contribution in [0.1, 0.15) is 41.5 Å². The number of carbonyl (C=O) groups excluding carboxylic acids is 2. The van der Waals surface area contributed by atoms with Gasteiger partial charge < -0.3 is 15.0 Å². The molecule has 1 aliphatic rings. The van der Waals surface area contributed by atoms with Crippen molar-refractivity contribution in [1.29, 1.82) is 0 Å². The molecular weight excluding hydrogens is 424 g/mol. The Morgan fingerprint density at radius 1 is 1.21 bits per heavy atom. The molecule has 28 heavy (non-hydrogen) atoms. The van der Waals surface area contributed by atoms with Crippen LogP contribution in [0.15, 0.2) is 28.7 Å². The second kappa shape index (κ2) is 8.77. The molecule has 0 saturated carbocycles. The highest BCUT2D eigenvalue weighted by atomic mass is 79.9. The largest absolute Gasteiger partial charge is 0.450 e. The molecule has 1 aliphatic heterocycles. The van der Waals surface area contributed by atoms with Gasteiger partial charge >= 0.3 is 6.09 Å². The van der Waals surface area contributed by atoms with Gasteiger partial charge in [0, 0.05) is 23.6 Å². The molecule has 0 atom stereocenters. The number of carbonyl (C=O) groups is 2. The van der Waals surface area contributed by atoms with Crippen LogP contribution in [-0.4, -0.2) is 52.4 Å². The van der Waals surface area contributed by atoms with Crippen molar-refractivity contribution in [3.8, 4) is 5.69 Å². The third-order valence-corrected chi connectivity index (χ3v) is 5.47. The Kier molecular flexibility index (Phi) is 6.39. The summed E-state index contributed by atoms with van der Waals surface area (Å²) in [4.78, 5) is 26.4. The van der Waals surface area contributed by atoms with Crippen LogP contribution in [0, 0.1) is 13.8 Å². The van der Waals surface area contributed by atoms with Gasteiger partial charge in [0.2, 0.25) is 0 Å². The van der Waals surface area contributed by atoms with Gasteiger partial charge in [-0.05, 0) is 57.9 Å². The summed E-state index contributed by atoms with van der Waals surface area (Å²) in [5, 5.41) is 7.65. The molecule has 7 nitrogen and oxygen atoms in total. The Hall–Kier alpha value is -2.35. The summed E-state index contributed by atoms with van der Waals surface area (Å²) in [5.41, 5.74) is 3.02. The van der Waals surface area contributed by atoms with Gasteiger partial charge in [0.1, 0.15) is 0 Å². The summed E-state index contributed by atoms with van der Waals surface area (Å²) in [5.74, 6) is -0.118. The Balaban J connectivity index is 1.67. The summed E-state index contributed by atoms with van der Waals surface area (Å²) in [6.45, 7) is 7.08. The molecule has 2 amide bonds. The first-order chi connectivity index (χ1) is 13.4. The zero-order chi connectivity index (χ0) is 20.3. The van der Waals surface area contributed by atoms with Crippen molar-refractivity contribution >= 4 is 27.9 Å². The quantitative estimate of drug-likeness (QED) is 0.774. The first-order valence-electron chi connectivity index (χ1n) is 9.45. The number of piperidine rings is 1. The monoisotopic (exact) mass is 448 g/mol. The van der Waals surface area contributed by atoms with E-state index in [1.807, 2.05) is 38.1 Å². The van der Waals surface area contributed by atoms with Crippen LogP contribution in [0.4, 0.5) is 4.79 Å². The topological polar surface area (TPSA) is 76.5 Å². The molecule has 1 saturated heterocycles. The maximum atomic E-state index is 12.9. The van der Waals surface area contributed by atoms with E-state index in [1.165, 1.54) is 0 Å². The Morgan fingerprint density at radius 3 is 2.46 bits per heavy atom. The van der Waals surface area contributed by atoms with Gasteiger partial charge in [-0.1, -0.05) is 15.9 Å². The summed E-state index contributed by atoms with van der Waals surface area (Å²) < 4.78 is 7.82. The number of benzene rings is 1. The first-order valence-corrected chi connectivity index (χ1v) is 10.2. The van der Waals surface area contributed by atoms with Gasteiger partial charge in [-0.15, -0.1) is 0 Å². The first kappa shape index (κ1) is 20.4. The molecule has 3 rings (SSSR count). The lowest BCUT2D eigenvalue weighted by Crippen LogP contribution is -2.46. The molecule has 0 bridgehead atoms. The number of aromatic nitrogens is 2. The fraction of sp³-hybridized carbons (Fsp3) is 0.450. The van der Waals surface area contributed by atoms with Crippen LogP contribution in [0.2, 0.25) is 0 Å². The number of aryl methyl sites for hydroxylation is 1. The fourth-order valence-corrected chi connectivity index (χ4v) is 3.75. The Bertz CT molecular complexity index is 855. The summed E-state index contributed by atoms with van der Waals surface area (Å²) in [6.07, 6.45) is 1.14. The molecule has 0 unspecified atom stereocenters. The number of hydrogen-bond donors (Lipinski definition) is 1. The molecular formula is C20H25BrN4O3. The summed E-state index contributed by atoms with van der Waals surface area (Å²) in [7, 11) is 0. The third kappa shape index (κ3) is 4.38. The zero-order valence-electron chi connectivity index (χ0n) is 16.4. The molecule has 8 heteroatoms. The highest BCUT2D eigenvalue weighted by Crippen LogP contribution is 2.21. The average molecular weight is 449 g/mol. The van der Waals surface area contributed by atoms with E-state index in [9.17, 15) is 9.59 Å². The molecule has 2 aromatic rings. The van der Waals surface area contributed by atoms with Crippen molar-refractivity contribution in [2.45, 2.75) is 39.7 Å². The van der Waals surface area contributed by atoms with Crippen molar-refractivity contribution < 1.29 is 14.3 Å². The lowest BCUT2D eigenvalue weighted by Gasteiger charge is -2.31. The van der Waals surface area contributed by atoms with Crippen molar-refractivity contribution in [2.75, 3.05) is 19.7 Å². The van der Waals surface area contributed by atoms with Gasteiger partial charge in [0.15, 0.2) is 0 Å². The van der Waals surface area contributed by atoms with E-state index >= 15 is 0 Å². The molecule has 0 radical (unpaired) electrons. The second-order valence-corrected chi connectivity index (χ2v) is 7.78. The van der Waals surface area contributed by atoms with E-state index in [4.69, 9.17) is 4.74 Å². The minimum Gasteiger partial charge on any atom is -0.450 e. The van der Waals surface area contributed by atoms with Crippen molar-refractivity contribution in [3.05, 3.63) is 45.7 Å². The number of amides is 2. The molecule has 2 heterocycles. The molecule has 1 aromatic heterocycles. The zero-order valence-corrected chi connectivity index (χ0v) is 18.0. The van der Waals surface area contributed by atoms with Crippen LogP contribution >= 0.6 is 15.9 Å². The van der Waals surface area contributed by atoms with Crippen molar-refractivity contribution in [3.63, 3.8) is 0 Å². The van der Waals surface area contributed by atoms with Crippen LogP contribution in [-0.2, 0) is 4.74 Å². The fourth-order valence-electron chi connectivity index (χ4n) is 3.48. The highest BCUT2D eigenvalue weighted by Gasteiger charge is 2.27. The Morgan fingerprint density at radius 2 is 1.86 bits per heavy atom. The normalized spacial score (nSPS) is 14.8. The maximum absolute atomic E-state index is 12.9. The van der Waals surface area contributed by atoms with E-state index in [1.54, 1.807) is 16.5 Å². The number of rotatable bonds is 4. The lowest BCUT2D eigenvalue weighted by molar-refractivity contribution is 0.0859. The SMILES string of the molecule is CCOC(=O)N1CCC(NC(=O)c2c(C)nn(-c3ccc(Br)cc3)c2C)CC1. The predicted molar refractivity (Wildman–Crippen MR) is 110 cm³/mol. The van der Waals surface area contributed by atoms with E-state index in [-0.39, 0.29) is 18.0 Å². The van der Waals surface area contributed by atoms with Crippen molar-refractivity contribution in [1.82, 2.24) is 20.0 Å². The number of likely N-dealkylation sites (tertiary alicyclic amines) is 1. The summed E-state index contributed by atoms with van der Waals surface area (Å²) in [6, 6.07) is 7.84. The van der Waals surface area contributed by atoms with Gasteiger partial charge in [-0.2, -0.15) is 5.10 Å². The number of ether oxygens (including phenoxy) is 1. The number of halogens is 1. The standard InChI is InChI=1S/C20H25BrN4O3/c1-4-28-20(27)24-11-9-16(10-12-24)22-19(26)18-13(2)23-25(14(18)3)17-7-5-15(21)6-8-17/h5-8,16H,4,9-12H2,1-3H3,(H,22,26). The smallest absolute Gasteiger partial charge is 0.409 e. The molecule has 0 spiro atoms. The van der Waals surface area contributed by atoms with Gasteiger partial charge in [-0.3, -0.25) is 4.79 Å². The van der Waals surface area contributed by atoms with E-state index in [2.05, 4.69) is 26.3 Å². The number of nitrogens with one attached hydrogen (secondary N) is 1. The van der Waals surface area contributed by atoms with Crippen molar-refractivity contribution in [2.24, 2.45) is 0 Å². The van der Waals surface area contributed by atoms with E-state index in [0.717, 1.165) is 15.9 Å². The van der Waals surface area contributed by atoms with Crippen LogP contribution in [0.3, 0.4) is 0 Å². The van der Waals surface area contributed by atoms with Crippen LogP contribution < -0.4 is 5.32 Å². The minimum absolute atomic E-state index is 0.0352. The molecule has 150 valence electrons. The minimum atomic E-state index is -0.283. The predicted octanol–water partition coefficient (Wildman–Crippen LogP) is 3.60. The van der Waals surface area contributed by atoms with E-state index < -0.39 is 0 Å². The van der Waals surface area contributed by atoms with Crippen LogP contribution in [0.25, 0.3) is 5.69 Å². The molecule has 0 aliphatic carbocycles. The van der Waals surface area contributed by atoms with Gasteiger partial charge in [0.25, 0.3) is 5.91 Å². The highest BCUT2D eigenvalue weighted by molar-refractivity contribution is 9.10. The molecule has 1 N–H and O–H groups in total. The third-order valence-electron chi connectivity index (χ3n) is 4.95. The number of nitrogens with zero attached hydrogens (tertiary/aromatic N) is 3. The average Bonchev–Trinajstić information content (AvgIpc) is 2.97. The molecule has 1 aromatic carbocycles. The lowest BCUT2D eigenvalue weighted by atomic mass is 10.0. The molecule has 1 fully saturated rings. The maximum Gasteiger partial charge on any atom is 0.409 e. The van der Waals surface area contributed by atoms with E-state index in [0.29, 0.717) is 43.8 Å². The Labute approximate surface area is 173 Å². The van der Waals surface area contributed by atoms with Crippen LogP contribution in [0.5, 0.6) is 0 Å². The van der Waals surface area contributed by atoms with Gasteiger partial charge in [0.05, 0.1) is 29.2 Å².